The lowest BCUT2D eigenvalue weighted by atomic mass is 10.1. The van der Waals surface area contributed by atoms with Crippen LogP contribution < -0.4 is 0 Å². The Bertz CT molecular complexity index is 711. The molecule has 0 aliphatic carbocycles. The first-order chi connectivity index (χ1) is 11.3. The molecule has 5 nitrogen and oxygen atoms in total. The van der Waals surface area contributed by atoms with Gasteiger partial charge in [0.05, 0.1) is 6.26 Å². The first-order valence-corrected chi connectivity index (χ1v) is 7.73. The van der Waals surface area contributed by atoms with E-state index in [1.165, 1.54) is 5.56 Å². The zero-order chi connectivity index (χ0) is 16.1. The Hall–Kier alpha value is -2.53. The van der Waals surface area contributed by atoms with Gasteiger partial charge in [0.2, 0.25) is 0 Å². The molecular weight excluding hydrogens is 288 g/mol. The third kappa shape index (κ3) is 3.63. The fraction of sp³-hybridized carbons (Fsp3) is 0.278. The lowest BCUT2D eigenvalue weighted by Gasteiger charge is -2.27. The summed E-state index contributed by atoms with van der Waals surface area (Å²) in [6, 6.07) is 8.12. The summed E-state index contributed by atoms with van der Waals surface area (Å²) in [7, 11) is 2.11. The summed E-state index contributed by atoms with van der Waals surface area (Å²) in [5, 5.41) is 0. The SMILES string of the molecule is CCC(c1cccnc1)N(C)Cc1cnc(-c2ccco2)nc1. The second-order valence-corrected chi connectivity index (χ2v) is 5.52. The van der Waals surface area contributed by atoms with Gasteiger partial charge in [-0.3, -0.25) is 9.88 Å². The van der Waals surface area contributed by atoms with Gasteiger partial charge >= 0.3 is 0 Å². The van der Waals surface area contributed by atoms with Crippen LogP contribution in [-0.2, 0) is 6.54 Å². The molecule has 0 aliphatic heterocycles. The molecule has 0 saturated heterocycles. The highest BCUT2D eigenvalue weighted by Crippen LogP contribution is 2.23. The Morgan fingerprint density at radius 1 is 1.13 bits per heavy atom. The van der Waals surface area contributed by atoms with Gasteiger partial charge in [0, 0.05) is 42.9 Å². The van der Waals surface area contributed by atoms with E-state index in [0.29, 0.717) is 17.6 Å². The lowest BCUT2D eigenvalue weighted by Crippen LogP contribution is -2.24. The molecule has 0 radical (unpaired) electrons. The minimum Gasteiger partial charge on any atom is -0.461 e. The van der Waals surface area contributed by atoms with Crippen molar-refractivity contribution < 1.29 is 4.42 Å². The van der Waals surface area contributed by atoms with Gasteiger partial charge in [-0.2, -0.15) is 0 Å². The average Bonchev–Trinajstić information content (AvgIpc) is 3.12. The van der Waals surface area contributed by atoms with Gasteiger partial charge in [-0.25, -0.2) is 9.97 Å². The van der Waals surface area contributed by atoms with Crippen LogP contribution >= 0.6 is 0 Å². The summed E-state index contributed by atoms with van der Waals surface area (Å²) in [4.78, 5) is 15.3. The number of rotatable bonds is 6. The first-order valence-electron chi connectivity index (χ1n) is 7.73. The van der Waals surface area contributed by atoms with E-state index in [1.54, 1.807) is 12.5 Å². The normalized spacial score (nSPS) is 12.5. The highest BCUT2D eigenvalue weighted by molar-refractivity contribution is 5.45. The summed E-state index contributed by atoms with van der Waals surface area (Å²) in [6.45, 7) is 2.97. The maximum atomic E-state index is 5.31. The molecule has 1 atom stereocenters. The average molecular weight is 308 g/mol. The minimum atomic E-state index is 0.327. The molecular formula is C18H20N4O. The largest absolute Gasteiger partial charge is 0.461 e. The maximum Gasteiger partial charge on any atom is 0.195 e. The molecule has 0 fully saturated rings. The first kappa shape index (κ1) is 15.4. The van der Waals surface area contributed by atoms with Crippen LogP contribution in [0.2, 0.25) is 0 Å². The number of hydrogen-bond donors (Lipinski definition) is 0. The third-order valence-electron chi connectivity index (χ3n) is 3.87. The van der Waals surface area contributed by atoms with Crippen molar-refractivity contribution in [1.82, 2.24) is 19.9 Å². The number of hydrogen-bond acceptors (Lipinski definition) is 5. The highest BCUT2D eigenvalue weighted by atomic mass is 16.3. The fourth-order valence-electron chi connectivity index (χ4n) is 2.74. The zero-order valence-corrected chi connectivity index (χ0v) is 13.4. The number of pyridine rings is 1. The van der Waals surface area contributed by atoms with Crippen LogP contribution in [0.4, 0.5) is 0 Å². The van der Waals surface area contributed by atoms with Crippen molar-refractivity contribution in [3.8, 4) is 11.6 Å². The lowest BCUT2D eigenvalue weighted by molar-refractivity contribution is 0.229. The smallest absolute Gasteiger partial charge is 0.195 e. The maximum absolute atomic E-state index is 5.31. The molecule has 0 aliphatic rings. The molecule has 3 aromatic rings. The van der Waals surface area contributed by atoms with Crippen LogP contribution in [0, 0.1) is 0 Å². The number of nitrogens with zero attached hydrogens (tertiary/aromatic N) is 4. The molecule has 118 valence electrons. The molecule has 3 rings (SSSR count). The van der Waals surface area contributed by atoms with Crippen molar-refractivity contribution in [2.24, 2.45) is 0 Å². The molecule has 23 heavy (non-hydrogen) atoms. The molecule has 0 amide bonds. The van der Waals surface area contributed by atoms with Crippen molar-refractivity contribution in [2.75, 3.05) is 7.05 Å². The van der Waals surface area contributed by atoms with Crippen molar-refractivity contribution in [1.29, 1.82) is 0 Å². The monoisotopic (exact) mass is 308 g/mol. The number of furan rings is 1. The second-order valence-electron chi connectivity index (χ2n) is 5.52. The summed E-state index contributed by atoms with van der Waals surface area (Å²) in [5.41, 5.74) is 2.30. The molecule has 0 saturated carbocycles. The predicted octanol–water partition coefficient (Wildman–Crippen LogP) is 3.71. The summed E-state index contributed by atoms with van der Waals surface area (Å²) in [5.74, 6) is 1.30. The molecule has 0 aromatic carbocycles. The minimum absolute atomic E-state index is 0.327. The zero-order valence-electron chi connectivity index (χ0n) is 13.4. The van der Waals surface area contributed by atoms with Crippen molar-refractivity contribution in [2.45, 2.75) is 25.9 Å². The van der Waals surface area contributed by atoms with E-state index in [9.17, 15) is 0 Å². The van der Waals surface area contributed by atoms with Gasteiger partial charge in [0.15, 0.2) is 11.6 Å². The Morgan fingerprint density at radius 2 is 1.96 bits per heavy atom. The van der Waals surface area contributed by atoms with E-state index in [4.69, 9.17) is 4.42 Å². The molecule has 3 aromatic heterocycles. The van der Waals surface area contributed by atoms with Crippen molar-refractivity contribution in [3.05, 3.63) is 66.4 Å². The van der Waals surface area contributed by atoms with Crippen LogP contribution in [0.25, 0.3) is 11.6 Å². The van der Waals surface area contributed by atoms with Gasteiger partial charge in [-0.15, -0.1) is 0 Å². The van der Waals surface area contributed by atoms with E-state index in [-0.39, 0.29) is 0 Å². The van der Waals surface area contributed by atoms with Crippen molar-refractivity contribution >= 4 is 0 Å². The summed E-state index contributed by atoms with van der Waals surface area (Å²) >= 11 is 0. The van der Waals surface area contributed by atoms with E-state index >= 15 is 0 Å². The second kappa shape index (κ2) is 7.15. The van der Waals surface area contributed by atoms with Crippen LogP contribution in [0.15, 0.2) is 59.7 Å². The van der Waals surface area contributed by atoms with Gasteiger partial charge in [0.1, 0.15) is 0 Å². The van der Waals surface area contributed by atoms with Gasteiger partial charge < -0.3 is 4.42 Å². The van der Waals surface area contributed by atoms with Gasteiger partial charge in [0.25, 0.3) is 0 Å². The van der Waals surface area contributed by atoms with E-state index in [1.807, 2.05) is 36.8 Å². The molecule has 0 spiro atoms. The molecule has 5 heteroatoms. The fourth-order valence-corrected chi connectivity index (χ4v) is 2.74. The molecule has 0 N–H and O–H groups in total. The van der Waals surface area contributed by atoms with E-state index in [2.05, 4.69) is 39.9 Å². The molecule has 3 heterocycles. The predicted molar refractivity (Wildman–Crippen MR) is 88.5 cm³/mol. The van der Waals surface area contributed by atoms with Gasteiger partial charge in [-0.1, -0.05) is 13.0 Å². The molecule has 1 unspecified atom stereocenters. The standard InChI is InChI=1S/C18H20N4O/c1-3-16(15-6-4-8-19-12-15)22(2)13-14-10-20-18(21-11-14)17-7-5-9-23-17/h4-12,16H,3,13H2,1-2H3. The Balaban J connectivity index is 1.70. The quantitative estimate of drug-likeness (QED) is 0.694. The van der Waals surface area contributed by atoms with Crippen molar-refractivity contribution in [3.63, 3.8) is 0 Å². The number of aromatic nitrogens is 3. The topological polar surface area (TPSA) is 55.1 Å². The van der Waals surface area contributed by atoms with E-state index in [0.717, 1.165) is 18.5 Å². The Morgan fingerprint density at radius 3 is 2.57 bits per heavy atom. The van der Waals surface area contributed by atoms with Gasteiger partial charge in [-0.05, 0) is 37.2 Å². The summed E-state index contributed by atoms with van der Waals surface area (Å²) in [6.07, 6.45) is 10.1. The molecule has 0 bridgehead atoms. The Labute approximate surface area is 136 Å². The Kier molecular flexibility index (Phi) is 4.78. The van der Waals surface area contributed by atoms with Crippen LogP contribution in [-0.4, -0.2) is 26.9 Å². The third-order valence-corrected chi connectivity index (χ3v) is 3.87. The summed E-state index contributed by atoms with van der Waals surface area (Å²) < 4.78 is 5.31. The van der Waals surface area contributed by atoms with Crippen LogP contribution in [0.5, 0.6) is 0 Å². The van der Waals surface area contributed by atoms with E-state index < -0.39 is 0 Å². The van der Waals surface area contributed by atoms with Crippen LogP contribution in [0.1, 0.15) is 30.5 Å². The van der Waals surface area contributed by atoms with Crippen LogP contribution in [0.3, 0.4) is 0 Å². The highest BCUT2D eigenvalue weighted by Gasteiger charge is 2.16.